The number of nitrogens with zero attached hydrogens (tertiary/aromatic N) is 1. The van der Waals surface area contributed by atoms with Crippen LogP contribution in [0.5, 0.6) is 5.75 Å². The summed E-state index contributed by atoms with van der Waals surface area (Å²) in [6.45, 7) is 0. The first kappa shape index (κ1) is 14.4. The van der Waals surface area contributed by atoms with Crippen molar-refractivity contribution in [3.63, 3.8) is 0 Å². The number of nitrogens with one attached hydrogen (secondary N) is 1. The Balaban J connectivity index is 0.00000133. The molecule has 104 valence electrons. The molecule has 6 heteroatoms. The molecule has 2 aromatic rings. The summed E-state index contributed by atoms with van der Waals surface area (Å²) in [4.78, 5) is 0. The lowest BCUT2D eigenvalue weighted by atomic mass is 9.94. The Morgan fingerprint density at radius 3 is 2.74 bits per heavy atom. The standard InChI is InChI=1S/C13H16ClN3O.ClH/c14-13-10-7-16-17-11(10)5-6-12(13)18-9-3-1-8(15)2-4-9;/h5-9H,1-4,15H2,(H,16,17);1H. The molecule has 0 unspecified atom stereocenters. The third-order valence-corrected chi connectivity index (χ3v) is 3.93. The predicted molar refractivity (Wildman–Crippen MR) is 79.2 cm³/mol. The van der Waals surface area contributed by atoms with Gasteiger partial charge in [0.2, 0.25) is 0 Å². The van der Waals surface area contributed by atoms with Gasteiger partial charge in [-0.3, -0.25) is 5.10 Å². The highest BCUT2D eigenvalue weighted by Crippen LogP contribution is 2.34. The molecule has 0 bridgehead atoms. The molecule has 4 nitrogen and oxygen atoms in total. The van der Waals surface area contributed by atoms with Gasteiger partial charge in [0.15, 0.2) is 0 Å². The monoisotopic (exact) mass is 301 g/mol. The molecule has 1 saturated carbocycles. The van der Waals surface area contributed by atoms with Crippen LogP contribution in [0.1, 0.15) is 25.7 Å². The van der Waals surface area contributed by atoms with Gasteiger partial charge in [-0.05, 0) is 37.8 Å². The summed E-state index contributed by atoms with van der Waals surface area (Å²) in [6, 6.07) is 4.17. The first-order valence-corrected chi connectivity index (χ1v) is 6.65. The van der Waals surface area contributed by atoms with Crippen molar-refractivity contribution in [1.29, 1.82) is 0 Å². The quantitative estimate of drug-likeness (QED) is 0.894. The maximum Gasteiger partial charge on any atom is 0.139 e. The number of H-pyrrole nitrogens is 1. The third-order valence-electron chi connectivity index (χ3n) is 3.54. The van der Waals surface area contributed by atoms with Gasteiger partial charge in [-0.25, -0.2) is 0 Å². The van der Waals surface area contributed by atoms with E-state index in [-0.39, 0.29) is 18.5 Å². The second kappa shape index (κ2) is 5.99. The average molecular weight is 302 g/mol. The van der Waals surface area contributed by atoms with Crippen molar-refractivity contribution < 1.29 is 4.74 Å². The number of rotatable bonds is 2. The van der Waals surface area contributed by atoms with E-state index in [2.05, 4.69) is 10.2 Å². The van der Waals surface area contributed by atoms with E-state index in [1.54, 1.807) is 6.20 Å². The van der Waals surface area contributed by atoms with E-state index >= 15 is 0 Å². The Kier molecular flexibility index (Phi) is 4.55. The number of benzene rings is 1. The molecule has 3 rings (SSSR count). The summed E-state index contributed by atoms with van der Waals surface area (Å²) in [6.07, 6.45) is 6.00. The summed E-state index contributed by atoms with van der Waals surface area (Å²) < 4.78 is 5.98. The number of hydrogen-bond acceptors (Lipinski definition) is 3. The van der Waals surface area contributed by atoms with Gasteiger partial charge in [0.1, 0.15) is 5.75 Å². The van der Waals surface area contributed by atoms with Crippen molar-refractivity contribution in [2.75, 3.05) is 0 Å². The predicted octanol–water partition coefficient (Wildman–Crippen LogP) is 3.29. The van der Waals surface area contributed by atoms with Gasteiger partial charge in [-0.1, -0.05) is 11.6 Å². The van der Waals surface area contributed by atoms with Crippen LogP contribution in [0.15, 0.2) is 18.3 Å². The first-order chi connectivity index (χ1) is 8.74. The minimum Gasteiger partial charge on any atom is -0.489 e. The van der Waals surface area contributed by atoms with E-state index in [1.807, 2.05) is 12.1 Å². The van der Waals surface area contributed by atoms with Crippen LogP contribution in [0.3, 0.4) is 0 Å². The zero-order valence-corrected chi connectivity index (χ0v) is 12.0. The normalized spacial score (nSPS) is 23.1. The molecule has 1 aliphatic carbocycles. The molecule has 0 atom stereocenters. The molecule has 1 heterocycles. The molecule has 3 N–H and O–H groups in total. The Hall–Kier alpha value is -0.970. The Morgan fingerprint density at radius 2 is 2.00 bits per heavy atom. The second-order valence-electron chi connectivity index (χ2n) is 4.86. The molecule has 1 aromatic carbocycles. The van der Waals surface area contributed by atoms with Gasteiger partial charge in [0.05, 0.1) is 22.8 Å². The van der Waals surface area contributed by atoms with E-state index in [1.165, 1.54) is 0 Å². The largest absolute Gasteiger partial charge is 0.489 e. The fraction of sp³-hybridized carbons (Fsp3) is 0.462. The number of ether oxygens (including phenoxy) is 1. The molecule has 1 aromatic heterocycles. The maximum atomic E-state index is 6.32. The topological polar surface area (TPSA) is 63.9 Å². The molecule has 0 radical (unpaired) electrons. The first-order valence-electron chi connectivity index (χ1n) is 6.28. The molecule has 0 spiro atoms. The van der Waals surface area contributed by atoms with Crippen LogP contribution in [0, 0.1) is 0 Å². The molecule has 1 aliphatic rings. The molecule has 0 saturated heterocycles. The summed E-state index contributed by atoms with van der Waals surface area (Å²) in [5.41, 5.74) is 6.82. The van der Waals surface area contributed by atoms with Crippen LogP contribution >= 0.6 is 24.0 Å². The number of aromatic nitrogens is 2. The molecular weight excluding hydrogens is 285 g/mol. The maximum absolute atomic E-state index is 6.32. The Morgan fingerprint density at radius 1 is 1.26 bits per heavy atom. The SMILES string of the molecule is Cl.NC1CCC(Oc2ccc3[nH]ncc3c2Cl)CC1. The average Bonchev–Trinajstić information content (AvgIpc) is 2.84. The van der Waals surface area contributed by atoms with Crippen LogP contribution in [-0.2, 0) is 0 Å². The number of aromatic amines is 1. The smallest absolute Gasteiger partial charge is 0.139 e. The fourth-order valence-electron chi connectivity index (χ4n) is 2.44. The van der Waals surface area contributed by atoms with E-state index in [9.17, 15) is 0 Å². The minimum absolute atomic E-state index is 0. The van der Waals surface area contributed by atoms with Gasteiger partial charge in [0, 0.05) is 11.4 Å². The van der Waals surface area contributed by atoms with Crippen molar-refractivity contribution in [3.05, 3.63) is 23.4 Å². The summed E-state index contributed by atoms with van der Waals surface area (Å²) >= 11 is 6.32. The summed E-state index contributed by atoms with van der Waals surface area (Å²) in [5.74, 6) is 0.742. The van der Waals surface area contributed by atoms with E-state index in [0.29, 0.717) is 11.1 Å². The second-order valence-corrected chi connectivity index (χ2v) is 5.24. The lowest BCUT2D eigenvalue weighted by Crippen LogP contribution is -2.31. The highest BCUT2D eigenvalue weighted by molar-refractivity contribution is 6.36. The zero-order chi connectivity index (χ0) is 12.5. The van der Waals surface area contributed by atoms with Crippen LogP contribution in [0.4, 0.5) is 0 Å². The van der Waals surface area contributed by atoms with Gasteiger partial charge in [-0.15, -0.1) is 12.4 Å². The van der Waals surface area contributed by atoms with Gasteiger partial charge < -0.3 is 10.5 Å². The van der Waals surface area contributed by atoms with Crippen LogP contribution in [-0.4, -0.2) is 22.3 Å². The van der Waals surface area contributed by atoms with Crippen molar-refractivity contribution in [3.8, 4) is 5.75 Å². The van der Waals surface area contributed by atoms with Crippen LogP contribution in [0.25, 0.3) is 10.9 Å². The Bertz CT molecular complexity index is 550. The highest BCUT2D eigenvalue weighted by atomic mass is 35.5. The molecule has 1 fully saturated rings. The number of fused-ring (bicyclic) bond motifs is 1. The van der Waals surface area contributed by atoms with E-state index in [4.69, 9.17) is 22.1 Å². The van der Waals surface area contributed by atoms with Crippen molar-refractivity contribution in [2.45, 2.75) is 37.8 Å². The van der Waals surface area contributed by atoms with Gasteiger partial charge in [-0.2, -0.15) is 5.10 Å². The number of halogens is 2. The Labute approximate surface area is 123 Å². The lowest BCUT2D eigenvalue weighted by molar-refractivity contribution is 0.147. The minimum atomic E-state index is 0. The lowest BCUT2D eigenvalue weighted by Gasteiger charge is -2.27. The fourth-order valence-corrected chi connectivity index (χ4v) is 2.70. The molecule has 0 aliphatic heterocycles. The number of hydrogen-bond donors (Lipinski definition) is 2. The summed E-state index contributed by atoms with van der Waals surface area (Å²) in [7, 11) is 0. The molecular formula is C13H17Cl2N3O. The van der Waals surface area contributed by atoms with E-state index < -0.39 is 0 Å². The van der Waals surface area contributed by atoms with Gasteiger partial charge in [0.25, 0.3) is 0 Å². The highest BCUT2D eigenvalue weighted by Gasteiger charge is 2.21. The van der Waals surface area contributed by atoms with Crippen LogP contribution < -0.4 is 10.5 Å². The number of nitrogens with two attached hydrogens (primary N) is 1. The van der Waals surface area contributed by atoms with E-state index in [0.717, 1.165) is 42.3 Å². The van der Waals surface area contributed by atoms with Crippen molar-refractivity contribution in [1.82, 2.24) is 10.2 Å². The third kappa shape index (κ3) is 2.96. The van der Waals surface area contributed by atoms with Gasteiger partial charge >= 0.3 is 0 Å². The molecule has 0 amide bonds. The van der Waals surface area contributed by atoms with Crippen LogP contribution in [0.2, 0.25) is 5.02 Å². The zero-order valence-electron chi connectivity index (χ0n) is 10.4. The van der Waals surface area contributed by atoms with Crippen molar-refractivity contribution >= 4 is 34.9 Å². The molecule has 19 heavy (non-hydrogen) atoms. The van der Waals surface area contributed by atoms with Crippen molar-refractivity contribution in [2.24, 2.45) is 5.73 Å². The summed E-state index contributed by atoms with van der Waals surface area (Å²) in [5, 5.41) is 8.41.